The third kappa shape index (κ3) is 5.59. The lowest BCUT2D eigenvalue weighted by atomic mass is 10.1. The highest BCUT2D eigenvalue weighted by Crippen LogP contribution is 2.30. The Morgan fingerprint density at radius 3 is 2.39 bits per heavy atom. The molecule has 0 aliphatic carbocycles. The van der Waals surface area contributed by atoms with Gasteiger partial charge in [0.25, 0.3) is 5.91 Å². The summed E-state index contributed by atoms with van der Waals surface area (Å²) in [5.74, 6) is 0.160. The molecule has 36 heavy (non-hydrogen) atoms. The lowest BCUT2D eigenvalue weighted by Crippen LogP contribution is -2.49. The molecule has 4 heterocycles. The van der Waals surface area contributed by atoms with Crippen LogP contribution < -0.4 is 16.4 Å². The van der Waals surface area contributed by atoms with Crippen LogP contribution in [0.15, 0.2) is 48.1 Å². The molecule has 0 spiro atoms. The highest BCUT2D eigenvalue weighted by molar-refractivity contribution is 7.13. The molecule has 2 aliphatic heterocycles. The average Bonchev–Trinajstić information content (AvgIpc) is 3.46. The van der Waals surface area contributed by atoms with Gasteiger partial charge in [0, 0.05) is 49.5 Å². The zero-order valence-corrected chi connectivity index (χ0v) is 21.0. The summed E-state index contributed by atoms with van der Waals surface area (Å²) < 4.78 is 0. The Hall–Kier alpha value is -3.66. The Kier molecular flexibility index (Phi) is 7.31. The second-order valence-electron chi connectivity index (χ2n) is 9.26. The molecule has 2 aliphatic rings. The van der Waals surface area contributed by atoms with Gasteiger partial charge >= 0.3 is 6.03 Å². The van der Waals surface area contributed by atoms with Gasteiger partial charge in [-0.2, -0.15) is 0 Å². The molecule has 4 N–H and O–H groups in total. The molecule has 9 nitrogen and oxygen atoms in total. The third-order valence-electron chi connectivity index (χ3n) is 6.75. The average molecular weight is 506 g/mol. The van der Waals surface area contributed by atoms with Crippen LogP contribution in [0.2, 0.25) is 0 Å². The summed E-state index contributed by atoms with van der Waals surface area (Å²) in [5, 5.41) is 8.22. The summed E-state index contributed by atoms with van der Waals surface area (Å²) in [6.07, 6.45) is 8.12. The van der Waals surface area contributed by atoms with Gasteiger partial charge in [0.1, 0.15) is 0 Å². The van der Waals surface area contributed by atoms with Gasteiger partial charge in [-0.25, -0.2) is 14.8 Å². The van der Waals surface area contributed by atoms with Gasteiger partial charge in [-0.3, -0.25) is 4.79 Å². The van der Waals surface area contributed by atoms with Crippen molar-refractivity contribution in [2.75, 3.05) is 42.5 Å². The van der Waals surface area contributed by atoms with Crippen molar-refractivity contribution in [3.8, 4) is 10.4 Å². The monoisotopic (exact) mass is 505 g/mol. The Morgan fingerprint density at radius 1 is 0.972 bits per heavy atom. The molecule has 2 aromatic heterocycles. The number of amides is 3. The Bertz CT molecular complexity index is 1190. The largest absolute Gasteiger partial charge is 0.397 e. The molecular formula is C26H31N7O2S. The number of aromatic nitrogens is 2. The van der Waals surface area contributed by atoms with Gasteiger partial charge in [-0.15, -0.1) is 11.3 Å². The van der Waals surface area contributed by atoms with Crippen LogP contribution in [0.3, 0.4) is 0 Å². The fourth-order valence-corrected chi connectivity index (χ4v) is 5.38. The normalized spacial score (nSPS) is 16.6. The number of nitrogens with zero attached hydrogens (tertiary/aromatic N) is 4. The maximum Gasteiger partial charge on any atom is 0.319 e. The molecule has 1 aromatic carbocycles. The van der Waals surface area contributed by atoms with E-state index in [9.17, 15) is 9.59 Å². The number of carbonyl (C=O) groups excluding carboxylic acids is 2. The lowest BCUT2D eigenvalue weighted by molar-refractivity contribution is 0.102. The summed E-state index contributed by atoms with van der Waals surface area (Å²) >= 11 is 1.63. The van der Waals surface area contributed by atoms with Crippen molar-refractivity contribution in [2.45, 2.75) is 38.1 Å². The van der Waals surface area contributed by atoms with E-state index >= 15 is 0 Å². The minimum atomic E-state index is -0.318. The first-order chi connectivity index (χ1) is 17.6. The number of hydrogen-bond acceptors (Lipinski definition) is 7. The zero-order chi connectivity index (χ0) is 24.9. The molecule has 0 unspecified atom stereocenters. The molecule has 0 radical (unpaired) electrons. The molecule has 0 saturated carbocycles. The maximum absolute atomic E-state index is 12.8. The number of likely N-dealkylation sites (tertiary alicyclic amines) is 2. The summed E-state index contributed by atoms with van der Waals surface area (Å²) in [5.41, 5.74) is 8.48. The van der Waals surface area contributed by atoms with Crippen molar-refractivity contribution in [2.24, 2.45) is 0 Å². The van der Waals surface area contributed by atoms with E-state index in [1.807, 2.05) is 39.4 Å². The standard InChI is InChI=1S/C26H31N7O2S/c27-21-7-6-18(23-5-4-14-36-23)15-22(21)31-24(34)19-16-28-25(29-17-19)30-20-8-12-33(13-9-20)26(35)32-10-2-1-3-11-32/h4-7,14-17,20H,1-3,8-13,27H2,(H,31,34)(H,28,29,30). The number of nitrogen functional groups attached to an aromatic ring is 1. The van der Waals surface area contributed by atoms with Crippen molar-refractivity contribution in [1.29, 1.82) is 0 Å². The lowest BCUT2D eigenvalue weighted by Gasteiger charge is -2.37. The number of benzene rings is 1. The smallest absolute Gasteiger partial charge is 0.319 e. The molecule has 3 aromatic rings. The quantitative estimate of drug-likeness (QED) is 0.439. The van der Waals surface area contributed by atoms with E-state index in [4.69, 9.17) is 5.73 Å². The van der Waals surface area contributed by atoms with E-state index in [-0.39, 0.29) is 18.0 Å². The number of thiophene rings is 1. The molecule has 10 heteroatoms. The van der Waals surface area contributed by atoms with Crippen molar-refractivity contribution in [3.63, 3.8) is 0 Å². The van der Waals surface area contributed by atoms with Gasteiger partial charge in [0.15, 0.2) is 0 Å². The van der Waals surface area contributed by atoms with Crippen molar-refractivity contribution >= 4 is 40.6 Å². The van der Waals surface area contributed by atoms with Crippen LogP contribution in [0.25, 0.3) is 10.4 Å². The first-order valence-corrected chi connectivity index (χ1v) is 13.3. The van der Waals surface area contributed by atoms with Crippen LogP contribution >= 0.6 is 11.3 Å². The van der Waals surface area contributed by atoms with Crippen LogP contribution in [0.5, 0.6) is 0 Å². The molecule has 0 atom stereocenters. The van der Waals surface area contributed by atoms with Crippen LogP contribution in [0, 0.1) is 0 Å². The Morgan fingerprint density at radius 2 is 1.69 bits per heavy atom. The fourth-order valence-electron chi connectivity index (χ4n) is 4.66. The van der Waals surface area contributed by atoms with E-state index in [1.165, 1.54) is 18.8 Å². The predicted molar refractivity (Wildman–Crippen MR) is 143 cm³/mol. The van der Waals surface area contributed by atoms with Crippen LogP contribution in [0.1, 0.15) is 42.5 Å². The molecule has 0 bridgehead atoms. The first kappa shape index (κ1) is 24.1. The number of nitrogens with two attached hydrogens (primary N) is 1. The first-order valence-electron chi connectivity index (χ1n) is 12.4. The molecule has 2 fully saturated rings. The molecular weight excluding hydrogens is 474 g/mol. The van der Waals surface area contributed by atoms with Crippen molar-refractivity contribution < 1.29 is 9.59 Å². The number of rotatable bonds is 5. The fraction of sp³-hybridized carbons (Fsp3) is 0.385. The molecule has 2 saturated heterocycles. The zero-order valence-electron chi connectivity index (χ0n) is 20.2. The second-order valence-corrected chi connectivity index (χ2v) is 10.2. The minimum Gasteiger partial charge on any atom is -0.397 e. The van der Waals surface area contributed by atoms with Crippen molar-refractivity contribution in [1.82, 2.24) is 19.8 Å². The Labute approximate surface area is 214 Å². The van der Waals surface area contributed by atoms with Gasteiger partial charge in [-0.05, 0) is 61.2 Å². The summed E-state index contributed by atoms with van der Waals surface area (Å²) in [6.45, 7) is 3.19. The summed E-state index contributed by atoms with van der Waals surface area (Å²) in [6, 6.07) is 9.97. The molecule has 188 valence electrons. The number of carbonyl (C=O) groups is 2. The summed E-state index contributed by atoms with van der Waals surface area (Å²) in [4.78, 5) is 39.2. The number of urea groups is 1. The Balaban J connectivity index is 1.14. The van der Waals surface area contributed by atoms with Gasteiger partial charge in [0.05, 0.1) is 16.9 Å². The van der Waals surface area contributed by atoms with Crippen molar-refractivity contribution in [3.05, 3.63) is 53.7 Å². The number of nitrogens with one attached hydrogen (secondary N) is 2. The number of hydrogen-bond donors (Lipinski definition) is 3. The third-order valence-corrected chi connectivity index (χ3v) is 7.67. The van der Waals surface area contributed by atoms with E-state index in [0.29, 0.717) is 22.9 Å². The van der Waals surface area contributed by atoms with Gasteiger partial charge < -0.3 is 26.2 Å². The van der Waals surface area contributed by atoms with Crippen LogP contribution in [-0.4, -0.2) is 63.9 Å². The topological polar surface area (TPSA) is 116 Å². The number of piperidine rings is 2. The maximum atomic E-state index is 12.8. The van der Waals surface area contributed by atoms with E-state index in [1.54, 1.807) is 17.4 Å². The highest BCUT2D eigenvalue weighted by atomic mass is 32.1. The molecule has 5 rings (SSSR count). The second kappa shape index (κ2) is 10.9. The molecule has 3 amide bonds. The minimum absolute atomic E-state index is 0.168. The van der Waals surface area contributed by atoms with E-state index < -0.39 is 0 Å². The van der Waals surface area contributed by atoms with Gasteiger partial charge in [0.2, 0.25) is 5.95 Å². The van der Waals surface area contributed by atoms with E-state index in [2.05, 4.69) is 20.6 Å². The SMILES string of the molecule is Nc1ccc(-c2cccs2)cc1NC(=O)c1cnc(NC2CCN(C(=O)N3CCCCC3)CC2)nc1. The summed E-state index contributed by atoms with van der Waals surface area (Å²) in [7, 11) is 0. The van der Waals surface area contributed by atoms with Gasteiger partial charge in [-0.1, -0.05) is 12.1 Å². The highest BCUT2D eigenvalue weighted by Gasteiger charge is 2.27. The number of anilines is 3. The predicted octanol–water partition coefficient (Wildman–Crippen LogP) is 4.52. The van der Waals surface area contributed by atoms with Crippen LogP contribution in [-0.2, 0) is 0 Å². The van der Waals surface area contributed by atoms with E-state index in [0.717, 1.165) is 62.3 Å². The van der Waals surface area contributed by atoms with Crippen LogP contribution in [0.4, 0.5) is 22.1 Å².